The molecular weight excluding hydrogens is 255 g/mol. The van der Waals surface area contributed by atoms with Gasteiger partial charge in [0.1, 0.15) is 5.76 Å². The Morgan fingerprint density at radius 1 is 1.06 bits per heavy atom. The van der Waals surface area contributed by atoms with Gasteiger partial charge in [0.2, 0.25) is 0 Å². The zero-order valence-corrected chi connectivity index (χ0v) is 8.97. The number of halogens is 6. The SMILES string of the molecule is FC(F)(F)C(F)(F)COC1=C(Cl)CCCC1. The molecule has 0 heterocycles. The molecular formula is C9H10ClF5O. The van der Waals surface area contributed by atoms with E-state index in [-0.39, 0.29) is 10.8 Å². The Morgan fingerprint density at radius 2 is 1.62 bits per heavy atom. The fourth-order valence-corrected chi connectivity index (χ4v) is 1.53. The molecule has 0 radical (unpaired) electrons. The molecule has 94 valence electrons. The molecule has 0 aromatic rings. The Hall–Kier alpha value is -0.520. The zero-order chi connectivity index (χ0) is 12.4. The second-order valence-electron chi connectivity index (χ2n) is 3.53. The lowest BCUT2D eigenvalue weighted by molar-refractivity contribution is -0.294. The normalized spacial score (nSPS) is 18.9. The number of hydrogen-bond donors (Lipinski definition) is 0. The molecule has 7 heteroatoms. The van der Waals surface area contributed by atoms with E-state index in [4.69, 9.17) is 11.6 Å². The molecule has 0 atom stereocenters. The Bertz CT molecular complexity index is 284. The van der Waals surface area contributed by atoms with Gasteiger partial charge in [0.15, 0.2) is 6.61 Å². The van der Waals surface area contributed by atoms with Crippen LogP contribution in [0, 0.1) is 0 Å². The van der Waals surface area contributed by atoms with Gasteiger partial charge in [-0.25, -0.2) is 0 Å². The Labute approximate surface area is 94.2 Å². The van der Waals surface area contributed by atoms with E-state index < -0.39 is 18.7 Å². The van der Waals surface area contributed by atoms with Gasteiger partial charge < -0.3 is 4.74 Å². The number of alkyl halides is 5. The van der Waals surface area contributed by atoms with E-state index in [1.807, 2.05) is 0 Å². The van der Waals surface area contributed by atoms with E-state index >= 15 is 0 Å². The van der Waals surface area contributed by atoms with Crippen LogP contribution in [0.5, 0.6) is 0 Å². The summed E-state index contributed by atoms with van der Waals surface area (Å²) in [5.74, 6) is -4.79. The Morgan fingerprint density at radius 3 is 2.12 bits per heavy atom. The number of rotatable bonds is 3. The average molecular weight is 265 g/mol. The van der Waals surface area contributed by atoms with Crippen molar-refractivity contribution in [2.75, 3.05) is 6.61 Å². The van der Waals surface area contributed by atoms with Crippen LogP contribution in [0.4, 0.5) is 22.0 Å². The van der Waals surface area contributed by atoms with Crippen LogP contribution < -0.4 is 0 Å². The highest BCUT2D eigenvalue weighted by molar-refractivity contribution is 6.29. The molecule has 1 aliphatic rings. The third kappa shape index (κ3) is 3.23. The number of hydrogen-bond acceptors (Lipinski definition) is 1. The third-order valence-electron chi connectivity index (χ3n) is 2.20. The molecule has 0 N–H and O–H groups in total. The maximum atomic E-state index is 12.5. The molecule has 1 nitrogen and oxygen atoms in total. The minimum Gasteiger partial charge on any atom is -0.490 e. The van der Waals surface area contributed by atoms with Crippen LogP contribution >= 0.6 is 11.6 Å². The van der Waals surface area contributed by atoms with E-state index in [2.05, 4.69) is 4.74 Å². The fourth-order valence-electron chi connectivity index (χ4n) is 1.25. The van der Waals surface area contributed by atoms with Crippen molar-refractivity contribution in [3.63, 3.8) is 0 Å². The number of ether oxygens (including phenoxy) is 1. The maximum Gasteiger partial charge on any atom is 0.456 e. The summed E-state index contributed by atoms with van der Waals surface area (Å²) in [7, 11) is 0. The summed E-state index contributed by atoms with van der Waals surface area (Å²) < 4.78 is 64.9. The molecule has 0 aromatic heterocycles. The van der Waals surface area contributed by atoms with E-state index in [0.29, 0.717) is 19.3 Å². The molecule has 0 aromatic carbocycles. The fraction of sp³-hybridized carbons (Fsp3) is 0.778. The van der Waals surface area contributed by atoms with Crippen molar-refractivity contribution in [1.29, 1.82) is 0 Å². The van der Waals surface area contributed by atoms with Gasteiger partial charge in [-0.2, -0.15) is 22.0 Å². The minimum atomic E-state index is -5.59. The van der Waals surface area contributed by atoms with Crippen LogP contribution in [0.25, 0.3) is 0 Å². The lowest BCUT2D eigenvalue weighted by Crippen LogP contribution is -2.40. The van der Waals surface area contributed by atoms with Gasteiger partial charge in [-0.15, -0.1) is 0 Å². The molecule has 0 aliphatic heterocycles. The van der Waals surface area contributed by atoms with Crippen molar-refractivity contribution in [3.05, 3.63) is 10.8 Å². The van der Waals surface area contributed by atoms with Crippen molar-refractivity contribution in [2.24, 2.45) is 0 Å². The minimum absolute atomic E-state index is 0.0526. The van der Waals surface area contributed by atoms with Crippen molar-refractivity contribution in [3.8, 4) is 0 Å². The largest absolute Gasteiger partial charge is 0.490 e. The van der Waals surface area contributed by atoms with E-state index in [1.54, 1.807) is 0 Å². The first kappa shape index (κ1) is 13.5. The summed E-state index contributed by atoms with van der Waals surface area (Å²) in [6.07, 6.45) is -3.33. The molecule has 16 heavy (non-hydrogen) atoms. The van der Waals surface area contributed by atoms with E-state index in [9.17, 15) is 22.0 Å². The molecule has 1 rings (SSSR count). The monoisotopic (exact) mass is 264 g/mol. The first-order chi connectivity index (χ1) is 7.24. The second-order valence-corrected chi connectivity index (χ2v) is 3.98. The predicted octanol–water partition coefficient (Wildman–Crippen LogP) is 4.23. The summed E-state index contributed by atoms with van der Waals surface area (Å²) in [6, 6.07) is 0. The first-order valence-electron chi connectivity index (χ1n) is 4.69. The standard InChI is InChI=1S/C9H10ClF5O/c10-6-3-1-2-4-7(6)16-5-8(11,12)9(13,14)15/h1-5H2. The topological polar surface area (TPSA) is 9.23 Å². The summed E-state index contributed by atoms with van der Waals surface area (Å²) in [6.45, 7) is -1.71. The highest BCUT2D eigenvalue weighted by atomic mass is 35.5. The van der Waals surface area contributed by atoms with Crippen LogP contribution in [-0.2, 0) is 4.74 Å². The van der Waals surface area contributed by atoms with Gasteiger partial charge >= 0.3 is 12.1 Å². The highest BCUT2D eigenvalue weighted by Crippen LogP contribution is 2.37. The molecule has 0 fully saturated rings. The zero-order valence-electron chi connectivity index (χ0n) is 8.21. The summed E-state index contributed by atoms with van der Waals surface area (Å²) in [5, 5.41) is 0.240. The molecule has 0 bridgehead atoms. The Balaban J connectivity index is 2.57. The lowest BCUT2D eigenvalue weighted by atomic mass is 10.1. The van der Waals surface area contributed by atoms with E-state index in [1.165, 1.54) is 0 Å². The second kappa shape index (κ2) is 4.77. The van der Waals surface area contributed by atoms with Crippen LogP contribution in [0.2, 0.25) is 0 Å². The van der Waals surface area contributed by atoms with Gasteiger partial charge in [-0.05, 0) is 19.3 Å². The van der Waals surface area contributed by atoms with E-state index in [0.717, 1.165) is 6.42 Å². The first-order valence-corrected chi connectivity index (χ1v) is 5.07. The maximum absolute atomic E-state index is 12.5. The summed E-state index contributed by atoms with van der Waals surface area (Å²) in [5.41, 5.74) is 0. The average Bonchev–Trinajstić information content (AvgIpc) is 2.15. The molecule has 1 aliphatic carbocycles. The lowest BCUT2D eigenvalue weighted by Gasteiger charge is -2.23. The molecule has 0 unspecified atom stereocenters. The van der Waals surface area contributed by atoms with Crippen LogP contribution in [-0.4, -0.2) is 18.7 Å². The molecule has 0 amide bonds. The quantitative estimate of drug-likeness (QED) is 0.693. The van der Waals surface area contributed by atoms with Crippen LogP contribution in [0.3, 0.4) is 0 Å². The molecule has 0 saturated carbocycles. The summed E-state index contributed by atoms with van der Waals surface area (Å²) >= 11 is 5.65. The van der Waals surface area contributed by atoms with Crippen LogP contribution in [0.15, 0.2) is 10.8 Å². The van der Waals surface area contributed by atoms with Gasteiger partial charge in [-0.3, -0.25) is 0 Å². The highest BCUT2D eigenvalue weighted by Gasteiger charge is 2.58. The van der Waals surface area contributed by atoms with Crippen molar-refractivity contribution in [2.45, 2.75) is 37.8 Å². The van der Waals surface area contributed by atoms with Gasteiger partial charge in [-0.1, -0.05) is 11.6 Å². The van der Waals surface area contributed by atoms with Gasteiger partial charge in [0.25, 0.3) is 0 Å². The predicted molar refractivity (Wildman–Crippen MR) is 48.3 cm³/mol. The Kier molecular flexibility index (Phi) is 4.04. The van der Waals surface area contributed by atoms with Crippen molar-refractivity contribution < 1.29 is 26.7 Å². The van der Waals surface area contributed by atoms with Crippen molar-refractivity contribution >= 4 is 11.6 Å². The number of allylic oxidation sites excluding steroid dienone is 2. The molecule has 0 spiro atoms. The third-order valence-corrected chi connectivity index (χ3v) is 2.59. The molecule has 0 saturated heterocycles. The summed E-state index contributed by atoms with van der Waals surface area (Å²) in [4.78, 5) is 0. The van der Waals surface area contributed by atoms with Crippen molar-refractivity contribution in [1.82, 2.24) is 0 Å². The van der Waals surface area contributed by atoms with Gasteiger partial charge in [0.05, 0.1) is 5.03 Å². The smallest absolute Gasteiger partial charge is 0.456 e. The van der Waals surface area contributed by atoms with Gasteiger partial charge in [0, 0.05) is 6.42 Å². The van der Waals surface area contributed by atoms with Crippen LogP contribution in [0.1, 0.15) is 25.7 Å².